The molecule has 13 heteroatoms. The minimum Gasteiger partial charge on any atom is -0.456 e. The first kappa shape index (κ1) is 25.5. The molecule has 0 spiro atoms. The van der Waals surface area contributed by atoms with Crippen molar-refractivity contribution < 1.29 is 29.2 Å². The fourth-order valence-corrected chi connectivity index (χ4v) is 6.31. The molecule has 1 fully saturated rings. The Balaban J connectivity index is 1.51. The molecule has 0 aliphatic carbocycles. The number of ether oxygens (including phenoxy) is 1. The van der Waals surface area contributed by atoms with Crippen LogP contribution >= 0.6 is 11.3 Å². The summed E-state index contributed by atoms with van der Waals surface area (Å²) >= 11 is 1.28. The molecule has 0 radical (unpaired) electrons. The molecule has 2 aromatic heterocycles. The molecule has 1 saturated heterocycles. The lowest BCUT2D eigenvalue weighted by atomic mass is 9.77. The number of aliphatic hydroxyl groups excluding tert-OH is 1. The van der Waals surface area contributed by atoms with Gasteiger partial charge in [0.1, 0.15) is 23.5 Å². The summed E-state index contributed by atoms with van der Waals surface area (Å²) in [7, 11) is 3.27. The Kier molecular flexibility index (Phi) is 6.27. The van der Waals surface area contributed by atoms with Crippen LogP contribution in [0, 0.1) is 22.0 Å². The van der Waals surface area contributed by atoms with Crippen LogP contribution in [0.3, 0.4) is 0 Å². The first-order valence-corrected chi connectivity index (χ1v) is 12.7. The fraction of sp³-hybridized carbons (Fsp3) is 0.360. The number of benzene rings is 1. The molecular formula is C25H25N5O7S. The molecule has 3 aromatic rings. The number of hydrogen-bond donors (Lipinski definition) is 1. The standard InChI is InChI=1S/C25H25N5O7S/c1-12-17(16-9-28-11-26-19(24(28)38-16)23(33)27(3)4)21(29-20(12)18(13(2)31)22(29)32)25(34)37-10-14-5-7-15(8-6-14)30(35)36/h5-9,11-13,18,20,31H,10H2,1-4H3/t12-,13+,18+,20+/m0/s1. The number of imidazole rings is 1. The third-order valence-corrected chi connectivity index (χ3v) is 8.11. The zero-order valence-electron chi connectivity index (χ0n) is 21.0. The molecule has 0 saturated carbocycles. The second kappa shape index (κ2) is 9.33. The molecule has 1 aromatic carbocycles. The number of nitro benzene ring substituents is 1. The third kappa shape index (κ3) is 3.94. The van der Waals surface area contributed by atoms with E-state index >= 15 is 0 Å². The highest BCUT2D eigenvalue weighted by atomic mass is 32.1. The van der Waals surface area contributed by atoms with Crippen LogP contribution in [0.2, 0.25) is 0 Å². The van der Waals surface area contributed by atoms with E-state index in [-0.39, 0.29) is 41.4 Å². The number of aliphatic hydroxyl groups is 1. The number of aromatic nitrogens is 2. The lowest BCUT2D eigenvalue weighted by Gasteiger charge is -2.46. The molecule has 4 heterocycles. The number of hydrogen-bond acceptors (Lipinski definition) is 9. The van der Waals surface area contributed by atoms with Crippen molar-refractivity contribution >= 4 is 45.2 Å². The van der Waals surface area contributed by atoms with E-state index in [2.05, 4.69) is 4.98 Å². The van der Waals surface area contributed by atoms with E-state index in [1.165, 1.54) is 51.7 Å². The Bertz CT molecular complexity index is 1500. The Morgan fingerprint density at radius 2 is 1.97 bits per heavy atom. The van der Waals surface area contributed by atoms with Crippen molar-refractivity contribution in [2.24, 2.45) is 11.8 Å². The van der Waals surface area contributed by atoms with Crippen LogP contribution in [0.25, 0.3) is 10.4 Å². The van der Waals surface area contributed by atoms with E-state index in [9.17, 15) is 29.6 Å². The quantitative estimate of drug-likeness (QED) is 0.208. The first-order chi connectivity index (χ1) is 18.0. The van der Waals surface area contributed by atoms with Gasteiger partial charge >= 0.3 is 5.97 Å². The predicted molar refractivity (Wildman–Crippen MR) is 136 cm³/mol. The molecular weight excluding hydrogens is 514 g/mol. The second-order valence-electron chi connectivity index (χ2n) is 9.62. The van der Waals surface area contributed by atoms with Crippen LogP contribution in [-0.2, 0) is 20.9 Å². The maximum absolute atomic E-state index is 13.4. The summed E-state index contributed by atoms with van der Waals surface area (Å²) in [5, 5.41) is 21.2. The van der Waals surface area contributed by atoms with Crippen molar-refractivity contribution in [3.05, 3.63) is 68.7 Å². The van der Waals surface area contributed by atoms with Crippen LogP contribution in [0.1, 0.15) is 34.8 Å². The van der Waals surface area contributed by atoms with Gasteiger partial charge in [0, 0.05) is 43.9 Å². The van der Waals surface area contributed by atoms with E-state index < -0.39 is 29.0 Å². The maximum atomic E-state index is 13.4. The molecule has 38 heavy (non-hydrogen) atoms. The molecule has 2 aliphatic heterocycles. The number of carbonyl (C=O) groups excluding carboxylic acids is 3. The number of amides is 2. The average molecular weight is 540 g/mol. The van der Waals surface area contributed by atoms with Gasteiger partial charge in [-0.05, 0) is 24.6 Å². The van der Waals surface area contributed by atoms with Gasteiger partial charge in [-0.3, -0.25) is 24.1 Å². The van der Waals surface area contributed by atoms with Gasteiger partial charge < -0.3 is 19.6 Å². The number of nitrogens with zero attached hydrogens (tertiary/aromatic N) is 5. The Labute approximate surface area is 220 Å². The number of fused-ring (bicyclic) bond motifs is 2. The molecule has 2 aliphatic rings. The van der Waals surface area contributed by atoms with Gasteiger partial charge in [-0.25, -0.2) is 9.78 Å². The van der Waals surface area contributed by atoms with E-state index in [0.29, 0.717) is 20.8 Å². The van der Waals surface area contributed by atoms with Gasteiger partial charge in [0.2, 0.25) is 5.91 Å². The maximum Gasteiger partial charge on any atom is 0.355 e. The largest absolute Gasteiger partial charge is 0.456 e. The summed E-state index contributed by atoms with van der Waals surface area (Å²) in [6.45, 7) is 3.30. The average Bonchev–Trinajstić information content (AvgIpc) is 3.51. The third-order valence-electron chi connectivity index (χ3n) is 6.97. The number of β-lactam (4-membered cyclic amide) rings is 1. The summed E-state index contributed by atoms with van der Waals surface area (Å²) in [5.41, 5.74) is 1.44. The number of thiazole rings is 1. The van der Waals surface area contributed by atoms with E-state index in [0.717, 1.165) is 0 Å². The molecule has 0 bridgehead atoms. The molecule has 1 N–H and O–H groups in total. The van der Waals surface area contributed by atoms with Gasteiger partial charge in [0.15, 0.2) is 5.69 Å². The number of rotatable bonds is 7. The molecule has 2 amide bonds. The van der Waals surface area contributed by atoms with Crippen molar-refractivity contribution in [2.75, 3.05) is 14.1 Å². The summed E-state index contributed by atoms with van der Waals surface area (Å²) in [5.74, 6) is -2.28. The summed E-state index contributed by atoms with van der Waals surface area (Å²) < 4.78 is 7.27. The van der Waals surface area contributed by atoms with Crippen molar-refractivity contribution in [3.8, 4) is 0 Å². The normalized spacial score (nSPS) is 21.3. The Morgan fingerprint density at radius 1 is 1.29 bits per heavy atom. The molecule has 0 unspecified atom stereocenters. The highest BCUT2D eigenvalue weighted by molar-refractivity contribution is 7.18. The minimum absolute atomic E-state index is 0.0800. The zero-order chi connectivity index (χ0) is 27.5. The van der Waals surface area contributed by atoms with Gasteiger partial charge in [-0.2, -0.15) is 0 Å². The number of esters is 1. The Hall–Kier alpha value is -4.10. The SMILES string of the molecule is C[C@@H](O)[C@H]1C(=O)N2C(C(=O)OCc3ccc([N+](=O)[O-])cc3)=C(c3cn4cnc(C(=O)N(C)C)c4s3)[C@H](C)[C@H]12. The van der Waals surface area contributed by atoms with Crippen LogP contribution in [-0.4, -0.2) is 73.2 Å². The van der Waals surface area contributed by atoms with Crippen molar-refractivity contribution in [2.45, 2.75) is 32.6 Å². The summed E-state index contributed by atoms with van der Waals surface area (Å²) in [4.78, 5) is 57.8. The molecule has 5 rings (SSSR count). The van der Waals surface area contributed by atoms with Gasteiger partial charge in [0.05, 0.1) is 27.9 Å². The van der Waals surface area contributed by atoms with E-state index in [1.54, 1.807) is 31.6 Å². The smallest absolute Gasteiger partial charge is 0.355 e. The first-order valence-electron chi connectivity index (χ1n) is 11.9. The lowest BCUT2D eigenvalue weighted by Crippen LogP contribution is -2.63. The fourth-order valence-electron chi connectivity index (χ4n) is 5.10. The van der Waals surface area contributed by atoms with Crippen LogP contribution in [0.4, 0.5) is 5.69 Å². The predicted octanol–water partition coefficient (Wildman–Crippen LogP) is 2.32. The molecule has 12 nitrogen and oxygen atoms in total. The number of nitro groups is 1. The van der Waals surface area contributed by atoms with Crippen molar-refractivity contribution in [1.29, 1.82) is 0 Å². The van der Waals surface area contributed by atoms with E-state index in [1.807, 2.05) is 6.92 Å². The number of non-ortho nitro benzene ring substituents is 1. The van der Waals surface area contributed by atoms with Crippen molar-refractivity contribution in [1.82, 2.24) is 19.2 Å². The highest BCUT2D eigenvalue weighted by Gasteiger charge is 2.60. The highest BCUT2D eigenvalue weighted by Crippen LogP contribution is 2.51. The van der Waals surface area contributed by atoms with Gasteiger partial charge in [-0.15, -0.1) is 11.3 Å². The molecule has 4 atom stereocenters. The minimum atomic E-state index is -0.893. The lowest BCUT2D eigenvalue weighted by molar-refractivity contribution is -0.384. The van der Waals surface area contributed by atoms with Gasteiger partial charge in [-0.1, -0.05) is 6.92 Å². The number of carbonyl (C=O) groups is 3. The zero-order valence-corrected chi connectivity index (χ0v) is 21.8. The second-order valence-corrected chi connectivity index (χ2v) is 10.6. The van der Waals surface area contributed by atoms with Crippen LogP contribution in [0.5, 0.6) is 0 Å². The topological polar surface area (TPSA) is 148 Å². The summed E-state index contributed by atoms with van der Waals surface area (Å²) in [6, 6.07) is 5.23. The monoisotopic (exact) mass is 539 g/mol. The molecule has 198 valence electrons. The van der Waals surface area contributed by atoms with Crippen LogP contribution < -0.4 is 0 Å². The van der Waals surface area contributed by atoms with Crippen LogP contribution in [0.15, 0.2) is 42.5 Å². The van der Waals surface area contributed by atoms with Gasteiger partial charge in [0.25, 0.3) is 11.6 Å². The van der Waals surface area contributed by atoms with E-state index in [4.69, 9.17) is 4.74 Å². The van der Waals surface area contributed by atoms with Crippen molar-refractivity contribution in [3.63, 3.8) is 0 Å². The Morgan fingerprint density at radius 3 is 2.58 bits per heavy atom. The summed E-state index contributed by atoms with van der Waals surface area (Å²) in [6.07, 6.45) is 2.40.